The topological polar surface area (TPSA) is 99.2 Å². The highest BCUT2D eigenvalue weighted by molar-refractivity contribution is 7.89. The molecule has 2 aromatic rings. The maximum absolute atomic E-state index is 14.0. The third-order valence-electron chi connectivity index (χ3n) is 3.42. The van der Waals surface area contributed by atoms with Gasteiger partial charge in [0, 0.05) is 20.6 Å². The van der Waals surface area contributed by atoms with Gasteiger partial charge in [0.25, 0.3) is 0 Å². The lowest BCUT2D eigenvalue weighted by Crippen LogP contribution is -2.13. The molecule has 0 aliphatic carbocycles. The van der Waals surface area contributed by atoms with Gasteiger partial charge in [-0.3, -0.25) is 0 Å². The number of sulfonamides is 1. The van der Waals surface area contributed by atoms with E-state index in [1.807, 2.05) is 6.07 Å². The SMILES string of the molecule is CN(C)c1ccc(CNc2ccc(S(N)(=O)=O)cc2C#N)cc1F. The first kappa shape index (κ1) is 17.7. The first-order valence-electron chi connectivity index (χ1n) is 6.99. The van der Waals surface area contributed by atoms with Gasteiger partial charge in [-0.25, -0.2) is 17.9 Å². The summed E-state index contributed by atoms with van der Waals surface area (Å²) in [6.45, 7) is 0.286. The maximum atomic E-state index is 14.0. The third kappa shape index (κ3) is 4.01. The Hall–Kier alpha value is -2.63. The van der Waals surface area contributed by atoms with Crippen LogP contribution in [0.25, 0.3) is 0 Å². The molecular formula is C16H17FN4O2S. The van der Waals surface area contributed by atoms with Crippen molar-refractivity contribution in [1.82, 2.24) is 0 Å². The van der Waals surface area contributed by atoms with Crippen molar-refractivity contribution in [3.05, 3.63) is 53.3 Å². The standard InChI is InChI=1S/C16H17FN4O2S/c1-21(2)16-6-3-11(7-14(16)17)10-20-15-5-4-13(24(19,22)23)8-12(15)9-18/h3-8,20H,10H2,1-2H3,(H2,19,22,23). The van der Waals surface area contributed by atoms with Crippen molar-refractivity contribution in [2.75, 3.05) is 24.3 Å². The summed E-state index contributed by atoms with van der Waals surface area (Å²) < 4.78 is 36.6. The monoisotopic (exact) mass is 348 g/mol. The molecule has 8 heteroatoms. The lowest BCUT2D eigenvalue weighted by molar-refractivity contribution is 0.597. The first-order valence-corrected chi connectivity index (χ1v) is 8.53. The Kier molecular flexibility index (Phi) is 5.07. The van der Waals surface area contributed by atoms with Crippen LogP contribution in [-0.2, 0) is 16.6 Å². The smallest absolute Gasteiger partial charge is 0.238 e. The number of rotatable bonds is 5. The second kappa shape index (κ2) is 6.86. The van der Waals surface area contributed by atoms with Crippen molar-refractivity contribution in [3.63, 3.8) is 0 Å². The highest BCUT2D eigenvalue weighted by Crippen LogP contribution is 2.22. The molecule has 0 amide bonds. The number of nitrogens with one attached hydrogen (secondary N) is 1. The first-order chi connectivity index (χ1) is 11.2. The maximum Gasteiger partial charge on any atom is 0.238 e. The van der Waals surface area contributed by atoms with E-state index in [-0.39, 0.29) is 22.8 Å². The van der Waals surface area contributed by atoms with Crippen LogP contribution in [0.2, 0.25) is 0 Å². The van der Waals surface area contributed by atoms with Gasteiger partial charge in [-0.05, 0) is 35.9 Å². The molecule has 0 fully saturated rings. The second-order valence-electron chi connectivity index (χ2n) is 5.40. The minimum atomic E-state index is -3.87. The Balaban J connectivity index is 2.21. The fourth-order valence-electron chi connectivity index (χ4n) is 2.17. The number of hydrogen-bond acceptors (Lipinski definition) is 5. The largest absolute Gasteiger partial charge is 0.380 e. The van der Waals surface area contributed by atoms with Crippen LogP contribution < -0.4 is 15.4 Å². The van der Waals surface area contributed by atoms with Gasteiger partial charge in [0.1, 0.15) is 11.9 Å². The summed E-state index contributed by atoms with van der Waals surface area (Å²) in [6.07, 6.45) is 0. The van der Waals surface area contributed by atoms with Crippen LogP contribution in [0.15, 0.2) is 41.3 Å². The van der Waals surface area contributed by atoms with Crippen LogP contribution in [0.4, 0.5) is 15.8 Å². The minimum Gasteiger partial charge on any atom is -0.380 e. The molecule has 0 aliphatic rings. The van der Waals surface area contributed by atoms with Crippen LogP contribution >= 0.6 is 0 Å². The predicted molar refractivity (Wildman–Crippen MR) is 90.6 cm³/mol. The molecule has 0 heterocycles. The van der Waals surface area contributed by atoms with Gasteiger partial charge in [0.15, 0.2) is 0 Å². The van der Waals surface area contributed by atoms with E-state index in [0.717, 1.165) is 0 Å². The van der Waals surface area contributed by atoms with Gasteiger partial charge in [-0.2, -0.15) is 5.26 Å². The third-order valence-corrected chi connectivity index (χ3v) is 4.33. The predicted octanol–water partition coefficient (Wildman–Crippen LogP) is 2.02. The van der Waals surface area contributed by atoms with Gasteiger partial charge in [0.05, 0.1) is 21.8 Å². The Labute approximate surface area is 140 Å². The van der Waals surface area contributed by atoms with Gasteiger partial charge in [-0.15, -0.1) is 0 Å². The molecule has 6 nitrogen and oxygen atoms in total. The fourth-order valence-corrected chi connectivity index (χ4v) is 2.71. The van der Waals surface area contributed by atoms with E-state index in [4.69, 9.17) is 10.4 Å². The summed E-state index contributed by atoms with van der Waals surface area (Å²) in [4.78, 5) is 1.54. The van der Waals surface area contributed by atoms with Gasteiger partial charge >= 0.3 is 0 Å². The Morgan fingerprint density at radius 3 is 2.50 bits per heavy atom. The lowest BCUT2D eigenvalue weighted by Gasteiger charge is -2.15. The van der Waals surface area contributed by atoms with Gasteiger partial charge < -0.3 is 10.2 Å². The zero-order valence-electron chi connectivity index (χ0n) is 13.2. The number of primary sulfonamides is 1. The van der Waals surface area contributed by atoms with E-state index in [2.05, 4.69) is 5.32 Å². The molecule has 0 saturated carbocycles. The molecule has 0 spiro atoms. The van der Waals surface area contributed by atoms with Crippen LogP contribution in [0.3, 0.4) is 0 Å². The number of anilines is 2. The minimum absolute atomic E-state index is 0.133. The molecule has 0 aliphatic heterocycles. The Morgan fingerprint density at radius 2 is 1.96 bits per heavy atom. The zero-order chi connectivity index (χ0) is 17.9. The molecule has 0 unspecified atom stereocenters. The van der Waals surface area contributed by atoms with Crippen LogP contribution in [0.1, 0.15) is 11.1 Å². The highest BCUT2D eigenvalue weighted by atomic mass is 32.2. The zero-order valence-corrected chi connectivity index (χ0v) is 14.1. The van der Waals surface area contributed by atoms with Crippen LogP contribution in [-0.4, -0.2) is 22.5 Å². The number of benzene rings is 2. The van der Waals surface area contributed by atoms with E-state index in [0.29, 0.717) is 16.9 Å². The van der Waals surface area contributed by atoms with Gasteiger partial charge in [0.2, 0.25) is 10.0 Å². The van der Waals surface area contributed by atoms with Crippen molar-refractivity contribution < 1.29 is 12.8 Å². The van der Waals surface area contributed by atoms with Crippen molar-refractivity contribution >= 4 is 21.4 Å². The molecule has 2 rings (SSSR count). The van der Waals surface area contributed by atoms with Crippen LogP contribution in [0, 0.1) is 17.1 Å². The van der Waals surface area contributed by atoms with E-state index < -0.39 is 10.0 Å². The van der Waals surface area contributed by atoms with Crippen molar-refractivity contribution in [1.29, 1.82) is 5.26 Å². The number of nitriles is 1. The number of nitrogens with two attached hydrogens (primary N) is 1. The fraction of sp³-hybridized carbons (Fsp3) is 0.188. The molecule has 0 atom stereocenters. The van der Waals surface area contributed by atoms with E-state index >= 15 is 0 Å². The molecule has 0 bridgehead atoms. The molecule has 0 radical (unpaired) electrons. The Bertz CT molecular complexity index is 905. The van der Waals surface area contributed by atoms with E-state index in [9.17, 15) is 12.8 Å². The van der Waals surface area contributed by atoms with Crippen molar-refractivity contribution in [2.24, 2.45) is 5.14 Å². The van der Waals surface area contributed by atoms with Crippen molar-refractivity contribution in [2.45, 2.75) is 11.4 Å². The normalized spacial score (nSPS) is 11.0. The Morgan fingerprint density at radius 1 is 1.25 bits per heavy atom. The molecule has 0 aromatic heterocycles. The number of halogens is 1. The van der Waals surface area contributed by atoms with E-state index in [1.54, 1.807) is 31.1 Å². The molecule has 0 saturated heterocycles. The quantitative estimate of drug-likeness (QED) is 0.861. The second-order valence-corrected chi connectivity index (χ2v) is 6.96. The summed E-state index contributed by atoms with van der Waals surface area (Å²) in [5.41, 5.74) is 1.76. The average Bonchev–Trinajstić information content (AvgIpc) is 2.51. The van der Waals surface area contributed by atoms with E-state index in [1.165, 1.54) is 24.3 Å². The summed E-state index contributed by atoms with van der Waals surface area (Å²) in [7, 11) is -0.366. The molecule has 3 N–H and O–H groups in total. The van der Waals surface area contributed by atoms with Crippen molar-refractivity contribution in [3.8, 4) is 6.07 Å². The molecule has 24 heavy (non-hydrogen) atoms. The van der Waals surface area contributed by atoms with Crippen LogP contribution in [0.5, 0.6) is 0 Å². The summed E-state index contributed by atoms with van der Waals surface area (Å²) in [5, 5.41) is 17.2. The molecular weight excluding hydrogens is 331 g/mol. The molecule has 2 aromatic carbocycles. The number of hydrogen-bond donors (Lipinski definition) is 2. The average molecular weight is 348 g/mol. The molecule has 126 valence electrons. The van der Waals surface area contributed by atoms with Gasteiger partial charge in [-0.1, -0.05) is 6.07 Å². The summed E-state index contributed by atoms with van der Waals surface area (Å²) in [6, 6.07) is 10.7. The highest BCUT2D eigenvalue weighted by Gasteiger charge is 2.12. The lowest BCUT2D eigenvalue weighted by atomic mass is 10.1. The number of nitrogens with zero attached hydrogens (tertiary/aromatic N) is 2. The summed E-state index contributed by atoms with van der Waals surface area (Å²) >= 11 is 0. The summed E-state index contributed by atoms with van der Waals surface area (Å²) in [5.74, 6) is -0.343.